The first-order valence-corrected chi connectivity index (χ1v) is 4.81. The third-order valence-corrected chi connectivity index (χ3v) is 1.76. The second-order valence-corrected chi connectivity index (χ2v) is 3.12. The molecule has 0 rings (SSSR count). The van der Waals surface area contributed by atoms with Gasteiger partial charge in [0.15, 0.2) is 0 Å². The lowest BCUT2D eigenvalue weighted by Gasteiger charge is -2.12. The fourth-order valence-corrected chi connectivity index (χ4v) is 1.06. The first-order chi connectivity index (χ1) is 7.60. The number of hydrogen-bond acceptors (Lipinski definition) is 5. The second kappa shape index (κ2) is 8.62. The van der Waals surface area contributed by atoms with Crippen LogP contribution in [0.4, 0.5) is 4.79 Å². The van der Waals surface area contributed by atoms with Crippen LogP contribution in [0, 0.1) is 0 Å². The van der Waals surface area contributed by atoms with Crippen LogP contribution in [-0.2, 0) is 9.59 Å². The molecule has 0 unspecified atom stereocenters. The summed E-state index contributed by atoms with van der Waals surface area (Å²) in [6.45, 7) is 0.314. The normalized spacial score (nSPS) is 11.6. The average Bonchev–Trinajstić information content (AvgIpc) is 2.22. The molecule has 0 aliphatic heterocycles. The molecule has 16 heavy (non-hydrogen) atoms. The van der Waals surface area contributed by atoms with Crippen LogP contribution in [0.1, 0.15) is 12.8 Å². The SMILES string of the molecule is NNCC(=O)N[C@H](C=O)CCCNC(N)=O. The lowest BCUT2D eigenvalue weighted by molar-refractivity contribution is -0.123. The number of carbonyl (C=O) groups excluding carboxylic acids is 3. The van der Waals surface area contributed by atoms with Crippen LogP contribution >= 0.6 is 0 Å². The van der Waals surface area contributed by atoms with E-state index in [-0.39, 0.29) is 12.5 Å². The quantitative estimate of drug-likeness (QED) is 0.137. The topological polar surface area (TPSA) is 139 Å². The van der Waals surface area contributed by atoms with Gasteiger partial charge in [-0.2, -0.15) is 0 Å². The van der Waals surface area contributed by atoms with E-state index in [0.29, 0.717) is 25.7 Å². The highest BCUT2D eigenvalue weighted by atomic mass is 16.2. The number of urea groups is 1. The van der Waals surface area contributed by atoms with Crippen LogP contribution in [0.15, 0.2) is 0 Å². The monoisotopic (exact) mass is 231 g/mol. The van der Waals surface area contributed by atoms with E-state index >= 15 is 0 Å². The van der Waals surface area contributed by atoms with Gasteiger partial charge in [0.1, 0.15) is 6.29 Å². The van der Waals surface area contributed by atoms with Gasteiger partial charge in [0, 0.05) is 6.54 Å². The summed E-state index contributed by atoms with van der Waals surface area (Å²) in [4.78, 5) is 32.0. The summed E-state index contributed by atoms with van der Waals surface area (Å²) in [6.07, 6.45) is 1.61. The van der Waals surface area contributed by atoms with Gasteiger partial charge in [0.05, 0.1) is 12.6 Å². The summed E-state index contributed by atoms with van der Waals surface area (Å²) < 4.78 is 0. The highest BCUT2D eigenvalue weighted by molar-refractivity contribution is 5.81. The Bertz CT molecular complexity index is 246. The van der Waals surface area contributed by atoms with Crippen molar-refractivity contribution in [1.29, 1.82) is 0 Å². The zero-order chi connectivity index (χ0) is 12.4. The van der Waals surface area contributed by atoms with E-state index in [1.807, 2.05) is 0 Å². The number of nitrogens with two attached hydrogens (primary N) is 2. The Morgan fingerprint density at radius 2 is 2.06 bits per heavy atom. The number of amides is 3. The van der Waals surface area contributed by atoms with Crippen molar-refractivity contribution in [3.05, 3.63) is 0 Å². The average molecular weight is 231 g/mol. The van der Waals surface area contributed by atoms with Gasteiger partial charge in [-0.25, -0.2) is 4.79 Å². The molecule has 0 aromatic heterocycles. The van der Waals surface area contributed by atoms with Crippen molar-refractivity contribution < 1.29 is 14.4 Å². The van der Waals surface area contributed by atoms with E-state index in [1.54, 1.807) is 0 Å². The number of carbonyl (C=O) groups is 3. The molecule has 0 radical (unpaired) electrons. The number of hydrogen-bond donors (Lipinski definition) is 5. The van der Waals surface area contributed by atoms with Gasteiger partial charge in [-0.1, -0.05) is 0 Å². The van der Waals surface area contributed by atoms with Crippen molar-refractivity contribution in [3.8, 4) is 0 Å². The molecule has 0 fully saturated rings. The Balaban J connectivity index is 3.70. The fraction of sp³-hybridized carbons (Fsp3) is 0.625. The summed E-state index contributed by atoms with van der Waals surface area (Å²) >= 11 is 0. The molecule has 7 N–H and O–H groups in total. The predicted octanol–water partition coefficient (Wildman–Crippen LogP) is -2.42. The van der Waals surface area contributed by atoms with Crippen molar-refractivity contribution >= 4 is 18.2 Å². The van der Waals surface area contributed by atoms with E-state index in [0.717, 1.165) is 0 Å². The minimum atomic E-state index is -0.612. The number of aldehydes is 1. The van der Waals surface area contributed by atoms with Crippen molar-refractivity contribution in [2.75, 3.05) is 13.1 Å². The summed E-state index contributed by atoms with van der Waals surface area (Å²) in [5.41, 5.74) is 7.03. The highest BCUT2D eigenvalue weighted by Gasteiger charge is 2.10. The molecule has 0 aromatic carbocycles. The number of hydrazine groups is 1. The first-order valence-electron chi connectivity index (χ1n) is 4.81. The molecular weight excluding hydrogens is 214 g/mol. The molecule has 8 heteroatoms. The molecule has 0 heterocycles. The Kier molecular flexibility index (Phi) is 7.72. The molecule has 0 spiro atoms. The van der Waals surface area contributed by atoms with Crippen LogP contribution in [0.25, 0.3) is 0 Å². The molecule has 0 aliphatic carbocycles. The summed E-state index contributed by atoms with van der Waals surface area (Å²) in [7, 11) is 0. The van der Waals surface area contributed by atoms with Crippen molar-refractivity contribution in [2.45, 2.75) is 18.9 Å². The van der Waals surface area contributed by atoms with E-state index in [1.165, 1.54) is 0 Å². The third kappa shape index (κ3) is 7.71. The van der Waals surface area contributed by atoms with Gasteiger partial charge >= 0.3 is 6.03 Å². The molecule has 0 saturated carbocycles. The molecule has 0 saturated heterocycles. The maximum absolute atomic E-state index is 11.1. The fourth-order valence-electron chi connectivity index (χ4n) is 1.06. The van der Waals surface area contributed by atoms with Crippen LogP contribution in [-0.4, -0.2) is 37.4 Å². The molecule has 0 aliphatic rings. The van der Waals surface area contributed by atoms with Gasteiger partial charge in [0.2, 0.25) is 5.91 Å². The van der Waals surface area contributed by atoms with Crippen LogP contribution in [0.3, 0.4) is 0 Å². The predicted molar refractivity (Wildman–Crippen MR) is 57.0 cm³/mol. The lowest BCUT2D eigenvalue weighted by Crippen LogP contribution is -2.43. The molecular formula is C8H17N5O3. The van der Waals surface area contributed by atoms with Gasteiger partial charge < -0.3 is 21.2 Å². The molecule has 1 atom stereocenters. The van der Waals surface area contributed by atoms with Crippen molar-refractivity contribution in [1.82, 2.24) is 16.1 Å². The third-order valence-electron chi connectivity index (χ3n) is 1.76. The summed E-state index contributed by atoms with van der Waals surface area (Å²) in [5, 5.41) is 4.84. The van der Waals surface area contributed by atoms with E-state index in [4.69, 9.17) is 11.6 Å². The smallest absolute Gasteiger partial charge is 0.312 e. The highest BCUT2D eigenvalue weighted by Crippen LogP contribution is 1.93. The Labute approximate surface area is 93.1 Å². The summed E-state index contributed by atoms with van der Waals surface area (Å²) in [5.74, 6) is 4.58. The van der Waals surface area contributed by atoms with E-state index in [9.17, 15) is 14.4 Å². The minimum Gasteiger partial charge on any atom is -0.352 e. The number of primary amides is 1. The van der Waals surface area contributed by atoms with Crippen molar-refractivity contribution in [2.24, 2.45) is 11.6 Å². The van der Waals surface area contributed by atoms with Crippen molar-refractivity contribution in [3.63, 3.8) is 0 Å². The van der Waals surface area contributed by atoms with Gasteiger partial charge in [0.25, 0.3) is 0 Å². The zero-order valence-corrected chi connectivity index (χ0v) is 8.86. The Hall–Kier alpha value is -1.67. The van der Waals surface area contributed by atoms with Crippen LogP contribution in [0.5, 0.6) is 0 Å². The number of rotatable bonds is 8. The van der Waals surface area contributed by atoms with Gasteiger partial charge in [-0.05, 0) is 12.8 Å². The van der Waals surface area contributed by atoms with Gasteiger partial charge in [-0.15, -0.1) is 0 Å². The lowest BCUT2D eigenvalue weighted by atomic mass is 10.2. The largest absolute Gasteiger partial charge is 0.352 e. The maximum Gasteiger partial charge on any atom is 0.312 e. The van der Waals surface area contributed by atoms with Gasteiger partial charge in [-0.3, -0.25) is 16.1 Å². The Morgan fingerprint density at radius 1 is 1.38 bits per heavy atom. The number of nitrogens with one attached hydrogen (secondary N) is 3. The first kappa shape index (κ1) is 14.3. The molecule has 3 amide bonds. The second-order valence-electron chi connectivity index (χ2n) is 3.12. The molecule has 0 aromatic rings. The standard InChI is InChI=1S/C8H17N5O3/c9-8(16)11-3-1-2-6(5-14)13-7(15)4-12-10/h5-6,12H,1-4,10H2,(H,13,15)(H3,9,11,16)/t6-/m0/s1. The molecule has 0 bridgehead atoms. The van der Waals surface area contributed by atoms with Crippen LogP contribution in [0.2, 0.25) is 0 Å². The molecule has 8 nitrogen and oxygen atoms in total. The minimum absolute atomic E-state index is 0.0517. The van der Waals surface area contributed by atoms with E-state index < -0.39 is 12.1 Å². The van der Waals surface area contributed by atoms with Crippen LogP contribution < -0.4 is 27.6 Å². The van der Waals surface area contributed by atoms with E-state index in [2.05, 4.69) is 16.1 Å². The molecule has 92 valence electrons. The zero-order valence-electron chi connectivity index (χ0n) is 8.86. The Morgan fingerprint density at radius 3 is 2.56 bits per heavy atom. The summed E-state index contributed by atoms with van der Waals surface area (Å²) in [6, 6.07) is -1.19. The maximum atomic E-state index is 11.1.